The predicted molar refractivity (Wildman–Crippen MR) is 79.0 cm³/mol. The van der Waals surface area contributed by atoms with Gasteiger partial charge in [0.1, 0.15) is 11.4 Å². The van der Waals surface area contributed by atoms with E-state index in [9.17, 15) is 4.79 Å². The van der Waals surface area contributed by atoms with Crippen LogP contribution in [-0.4, -0.2) is 48.1 Å². The van der Waals surface area contributed by atoms with Gasteiger partial charge in [0, 0.05) is 18.8 Å². The number of pyridine rings is 1. The van der Waals surface area contributed by atoms with Crippen LogP contribution in [-0.2, 0) is 4.74 Å². The number of rotatable bonds is 5. The lowest BCUT2D eigenvalue weighted by Gasteiger charge is -2.32. The Morgan fingerprint density at radius 2 is 2.40 bits per heavy atom. The minimum atomic E-state index is -0.314. The first kappa shape index (κ1) is 14.8. The smallest absolute Gasteiger partial charge is 0.341 e. The van der Waals surface area contributed by atoms with Gasteiger partial charge in [-0.1, -0.05) is 6.92 Å². The van der Waals surface area contributed by atoms with Crippen LogP contribution in [0, 0.1) is 0 Å². The van der Waals surface area contributed by atoms with Gasteiger partial charge in [0.2, 0.25) is 0 Å². The normalized spacial score (nSPS) is 19.6. The highest BCUT2D eigenvalue weighted by Crippen LogP contribution is 2.18. The molecule has 1 N–H and O–H groups in total. The number of anilines is 1. The Morgan fingerprint density at radius 1 is 1.55 bits per heavy atom. The van der Waals surface area contributed by atoms with Crippen molar-refractivity contribution < 1.29 is 9.53 Å². The molecule has 0 spiro atoms. The summed E-state index contributed by atoms with van der Waals surface area (Å²) in [5.41, 5.74) is 0.517. The lowest BCUT2D eigenvalue weighted by Crippen LogP contribution is -2.42. The molecule has 0 radical (unpaired) electrons. The Kier molecular flexibility index (Phi) is 5.35. The number of piperidine rings is 1. The monoisotopic (exact) mass is 277 g/mol. The number of likely N-dealkylation sites (N-methyl/N-ethyl adjacent to an activating group) is 1. The summed E-state index contributed by atoms with van der Waals surface area (Å²) in [7, 11) is 0. The first-order valence-corrected chi connectivity index (χ1v) is 7.35. The van der Waals surface area contributed by atoms with E-state index in [2.05, 4.69) is 22.1 Å². The zero-order chi connectivity index (χ0) is 14.4. The summed E-state index contributed by atoms with van der Waals surface area (Å²) < 4.78 is 5.07. The van der Waals surface area contributed by atoms with Crippen LogP contribution in [0.1, 0.15) is 37.0 Å². The van der Waals surface area contributed by atoms with Crippen LogP contribution in [0.15, 0.2) is 18.3 Å². The van der Waals surface area contributed by atoms with E-state index in [4.69, 9.17) is 4.74 Å². The van der Waals surface area contributed by atoms with E-state index >= 15 is 0 Å². The predicted octanol–water partition coefficient (Wildman–Crippen LogP) is 2.15. The number of nitrogens with zero attached hydrogens (tertiary/aromatic N) is 2. The minimum Gasteiger partial charge on any atom is -0.462 e. The third kappa shape index (κ3) is 3.70. The van der Waals surface area contributed by atoms with E-state index in [1.165, 1.54) is 6.42 Å². The highest BCUT2D eigenvalue weighted by atomic mass is 16.5. The Balaban J connectivity index is 2.07. The Morgan fingerprint density at radius 3 is 3.15 bits per heavy atom. The molecule has 0 amide bonds. The van der Waals surface area contributed by atoms with E-state index in [0.29, 0.717) is 24.0 Å². The van der Waals surface area contributed by atoms with Crippen molar-refractivity contribution in [1.82, 2.24) is 9.88 Å². The van der Waals surface area contributed by atoms with Gasteiger partial charge in [0.15, 0.2) is 0 Å². The van der Waals surface area contributed by atoms with Crippen LogP contribution in [0.4, 0.5) is 5.82 Å². The van der Waals surface area contributed by atoms with Gasteiger partial charge in [-0.25, -0.2) is 9.78 Å². The number of ether oxygens (including phenoxy) is 1. The second-order valence-corrected chi connectivity index (χ2v) is 5.00. The molecule has 1 saturated heterocycles. The summed E-state index contributed by atoms with van der Waals surface area (Å²) in [4.78, 5) is 18.6. The van der Waals surface area contributed by atoms with E-state index in [0.717, 1.165) is 26.1 Å². The highest BCUT2D eigenvalue weighted by molar-refractivity contribution is 5.94. The average Bonchev–Trinajstić information content (AvgIpc) is 2.48. The van der Waals surface area contributed by atoms with Crippen molar-refractivity contribution in [2.24, 2.45) is 0 Å². The Hall–Kier alpha value is -1.62. The number of esters is 1. The van der Waals surface area contributed by atoms with Crippen LogP contribution < -0.4 is 5.32 Å². The fourth-order valence-corrected chi connectivity index (χ4v) is 2.55. The number of carbonyl (C=O) groups is 1. The van der Waals surface area contributed by atoms with Gasteiger partial charge in [-0.15, -0.1) is 0 Å². The zero-order valence-electron chi connectivity index (χ0n) is 12.3. The van der Waals surface area contributed by atoms with Crippen LogP contribution in [0.25, 0.3) is 0 Å². The van der Waals surface area contributed by atoms with Gasteiger partial charge in [-0.05, 0) is 45.0 Å². The molecule has 1 unspecified atom stereocenters. The quantitative estimate of drug-likeness (QED) is 0.836. The van der Waals surface area contributed by atoms with Crippen molar-refractivity contribution >= 4 is 11.8 Å². The van der Waals surface area contributed by atoms with Gasteiger partial charge >= 0.3 is 5.97 Å². The van der Waals surface area contributed by atoms with Gasteiger partial charge in [-0.2, -0.15) is 0 Å². The van der Waals surface area contributed by atoms with Crippen molar-refractivity contribution in [2.75, 3.05) is 31.6 Å². The molecule has 1 atom stereocenters. The molecular formula is C15H23N3O2. The van der Waals surface area contributed by atoms with E-state index in [1.807, 2.05) is 6.92 Å². The van der Waals surface area contributed by atoms with Crippen LogP contribution in [0.3, 0.4) is 0 Å². The first-order valence-electron chi connectivity index (χ1n) is 7.35. The maximum absolute atomic E-state index is 11.9. The first-order chi connectivity index (χ1) is 9.74. The molecule has 110 valence electrons. The average molecular weight is 277 g/mol. The van der Waals surface area contributed by atoms with Gasteiger partial charge < -0.3 is 15.0 Å². The molecule has 0 aromatic carbocycles. The molecule has 1 aliphatic rings. The molecule has 0 saturated carbocycles. The molecule has 1 aromatic heterocycles. The zero-order valence-corrected chi connectivity index (χ0v) is 12.3. The third-order valence-corrected chi connectivity index (χ3v) is 3.60. The van der Waals surface area contributed by atoms with Gasteiger partial charge in [-0.3, -0.25) is 0 Å². The van der Waals surface area contributed by atoms with Gasteiger partial charge in [0.25, 0.3) is 0 Å². The van der Waals surface area contributed by atoms with Gasteiger partial charge in [0.05, 0.1) is 6.61 Å². The molecule has 0 bridgehead atoms. The fraction of sp³-hybridized carbons (Fsp3) is 0.600. The van der Waals surface area contributed by atoms with E-state index in [1.54, 1.807) is 18.3 Å². The Bertz CT molecular complexity index is 450. The largest absolute Gasteiger partial charge is 0.462 e. The lowest BCUT2D eigenvalue weighted by molar-refractivity contribution is 0.0527. The van der Waals surface area contributed by atoms with Crippen molar-refractivity contribution in [3.63, 3.8) is 0 Å². The summed E-state index contributed by atoms with van der Waals surface area (Å²) >= 11 is 0. The Labute approximate surface area is 120 Å². The molecule has 20 heavy (non-hydrogen) atoms. The summed E-state index contributed by atoms with van der Waals surface area (Å²) in [6, 6.07) is 3.86. The summed E-state index contributed by atoms with van der Waals surface area (Å²) in [5, 5.41) is 3.40. The number of likely N-dealkylation sites (tertiary alicyclic amines) is 1. The second kappa shape index (κ2) is 7.24. The van der Waals surface area contributed by atoms with Crippen molar-refractivity contribution in [3.8, 4) is 0 Å². The minimum absolute atomic E-state index is 0.314. The summed E-state index contributed by atoms with van der Waals surface area (Å²) in [5.74, 6) is 0.320. The molecule has 1 aromatic rings. The number of aromatic nitrogens is 1. The van der Waals surface area contributed by atoms with E-state index < -0.39 is 0 Å². The molecule has 0 aliphatic carbocycles. The summed E-state index contributed by atoms with van der Waals surface area (Å²) in [6.45, 7) is 7.57. The van der Waals surface area contributed by atoms with Crippen molar-refractivity contribution in [1.29, 1.82) is 0 Å². The molecule has 2 rings (SSSR count). The topological polar surface area (TPSA) is 54.5 Å². The summed E-state index contributed by atoms with van der Waals surface area (Å²) in [6.07, 6.45) is 3.98. The number of carbonyl (C=O) groups excluding carboxylic acids is 1. The van der Waals surface area contributed by atoms with E-state index in [-0.39, 0.29) is 5.97 Å². The molecule has 5 nitrogen and oxygen atoms in total. The molecule has 2 heterocycles. The van der Waals surface area contributed by atoms with Crippen LogP contribution in [0.5, 0.6) is 0 Å². The molecular weight excluding hydrogens is 254 g/mol. The SMILES string of the molecule is CCOC(=O)c1cccnc1NC1CCCN(CC)C1. The highest BCUT2D eigenvalue weighted by Gasteiger charge is 2.21. The maximum Gasteiger partial charge on any atom is 0.341 e. The number of hydrogen-bond acceptors (Lipinski definition) is 5. The third-order valence-electron chi connectivity index (χ3n) is 3.60. The molecule has 1 aliphatic heterocycles. The number of hydrogen-bond donors (Lipinski definition) is 1. The fourth-order valence-electron chi connectivity index (χ4n) is 2.55. The molecule has 1 fully saturated rings. The standard InChI is InChI=1S/C15H23N3O2/c1-3-18-10-6-7-12(11-18)17-14-13(8-5-9-16-14)15(19)20-4-2/h5,8-9,12H,3-4,6-7,10-11H2,1-2H3,(H,16,17). The number of nitrogens with one attached hydrogen (secondary N) is 1. The second-order valence-electron chi connectivity index (χ2n) is 5.00. The molecule has 5 heteroatoms. The lowest BCUT2D eigenvalue weighted by atomic mass is 10.1. The van der Waals surface area contributed by atoms with Crippen molar-refractivity contribution in [2.45, 2.75) is 32.7 Å². The maximum atomic E-state index is 11.9. The van der Waals surface area contributed by atoms with Crippen molar-refractivity contribution in [3.05, 3.63) is 23.9 Å². The van der Waals surface area contributed by atoms with Crippen LogP contribution >= 0.6 is 0 Å². The van der Waals surface area contributed by atoms with Crippen LogP contribution in [0.2, 0.25) is 0 Å².